The van der Waals surface area contributed by atoms with Crippen molar-refractivity contribution in [2.45, 2.75) is 108 Å². The van der Waals surface area contributed by atoms with E-state index in [1.807, 2.05) is 56.4 Å². The van der Waals surface area contributed by atoms with E-state index in [0.29, 0.717) is 48.3 Å². The lowest BCUT2D eigenvalue weighted by Gasteiger charge is -2.59. The molecule has 8 fully saturated rings. The molecule has 0 aromatic heterocycles. The average Bonchev–Trinajstić information content (AvgIpc) is 3.50. The highest BCUT2D eigenvalue weighted by Gasteiger charge is 2.55. The second-order valence-corrected chi connectivity index (χ2v) is 19.5. The minimum absolute atomic E-state index is 0.00762. The zero-order chi connectivity index (χ0) is 42.3. The van der Waals surface area contributed by atoms with Crippen molar-refractivity contribution in [3.63, 3.8) is 0 Å². The predicted octanol–water partition coefficient (Wildman–Crippen LogP) is 1.76. The molecule has 1 aromatic rings. The molecule has 4 atom stereocenters. The molecule has 8 aliphatic rings. The normalized spacial score (nSPS) is 28.3. The minimum Gasteiger partial charge on any atom is -0.352 e. The van der Waals surface area contributed by atoms with Crippen LogP contribution in [0.1, 0.15) is 70.8 Å². The van der Waals surface area contributed by atoms with Crippen molar-refractivity contribution in [2.75, 3.05) is 73.5 Å². The average molecular weight is 846 g/mol. The van der Waals surface area contributed by atoms with Gasteiger partial charge in [0.2, 0.25) is 11.8 Å². The number of likely N-dealkylation sites (tertiary alicyclic amines) is 2. The van der Waals surface area contributed by atoms with Crippen LogP contribution in [0.3, 0.4) is 0 Å². The van der Waals surface area contributed by atoms with Crippen molar-refractivity contribution in [1.29, 1.82) is 0 Å². The van der Waals surface area contributed by atoms with Crippen molar-refractivity contribution >= 4 is 34.3 Å². The highest BCUT2D eigenvalue weighted by Crippen LogP contribution is 2.49. The van der Waals surface area contributed by atoms with Gasteiger partial charge in [-0.25, -0.2) is 9.59 Å². The number of urea groups is 2. The molecule has 19 heteroatoms. The maximum atomic E-state index is 12.9. The summed E-state index contributed by atoms with van der Waals surface area (Å²) in [6, 6.07) is 7.94. The Kier molecular flexibility index (Phi) is 12.8. The molecule has 18 nitrogen and oxygen atoms in total. The SMILES string of the molecule is CCN1CC2(CC(NC(=O)[C@@H]3CC[C@@H]4CN3C(=O)N4OCc3ccccc3)C2)C1.CCN1CC2(CC(NC(=O)[C@@H]3CC[C@@H]4CN3C(=O)N4OS(=O)(=O)O)C2)C1.CN(C)C. The molecule has 2 spiro atoms. The highest BCUT2D eigenvalue weighted by molar-refractivity contribution is 7.80. The summed E-state index contributed by atoms with van der Waals surface area (Å²) in [5, 5.41) is 8.39. The van der Waals surface area contributed by atoms with E-state index >= 15 is 0 Å². The van der Waals surface area contributed by atoms with Gasteiger partial charge >= 0.3 is 22.5 Å². The zero-order valence-corrected chi connectivity index (χ0v) is 35.9. The number of carbonyl (C=O) groups excluding carboxylic acids is 4. The molecule has 0 unspecified atom stereocenters. The number of hydrogen-bond donors (Lipinski definition) is 3. The van der Waals surface area contributed by atoms with Crippen LogP contribution in [0.2, 0.25) is 0 Å². The van der Waals surface area contributed by atoms with Crippen LogP contribution in [0.15, 0.2) is 30.3 Å². The number of rotatable bonds is 11. The summed E-state index contributed by atoms with van der Waals surface area (Å²) in [5.41, 5.74) is 1.83. The van der Waals surface area contributed by atoms with E-state index in [2.05, 4.69) is 38.6 Å². The van der Waals surface area contributed by atoms with Crippen LogP contribution in [-0.2, 0) is 35.7 Å². The molecule has 6 amide bonds. The van der Waals surface area contributed by atoms with Gasteiger partial charge in [-0.2, -0.15) is 18.5 Å². The first kappa shape index (κ1) is 43.5. The van der Waals surface area contributed by atoms with Gasteiger partial charge in [0.1, 0.15) is 18.7 Å². The number of hydrogen-bond acceptors (Lipinski definition) is 11. The number of piperidine rings is 2. The maximum Gasteiger partial charge on any atom is 0.418 e. The summed E-state index contributed by atoms with van der Waals surface area (Å²) < 4.78 is 35.0. The van der Waals surface area contributed by atoms with Crippen LogP contribution in [0.5, 0.6) is 0 Å². The Hall–Kier alpha value is -3.59. The molecule has 328 valence electrons. The number of benzene rings is 1. The molecule has 59 heavy (non-hydrogen) atoms. The third-order valence-electron chi connectivity index (χ3n) is 13.2. The highest BCUT2D eigenvalue weighted by atomic mass is 32.3. The number of fused-ring (bicyclic) bond motifs is 4. The Labute approximate surface area is 348 Å². The molecule has 0 radical (unpaired) electrons. The van der Waals surface area contributed by atoms with E-state index in [0.717, 1.165) is 63.8 Å². The van der Waals surface area contributed by atoms with Crippen LogP contribution in [-0.4, -0.2) is 181 Å². The first-order valence-electron chi connectivity index (χ1n) is 21.2. The van der Waals surface area contributed by atoms with Crippen LogP contribution in [0.25, 0.3) is 0 Å². The molecular formula is C40H63N9O9S. The van der Waals surface area contributed by atoms with E-state index in [9.17, 15) is 27.6 Å². The van der Waals surface area contributed by atoms with Crippen LogP contribution in [0.4, 0.5) is 9.59 Å². The first-order valence-corrected chi connectivity index (χ1v) is 22.6. The van der Waals surface area contributed by atoms with Gasteiger partial charge < -0.3 is 35.1 Å². The number of amides is 6. The first-order chi connectivity index (χ1) is 28.0. The molecular weight excluding hydrogens is 783 g/mol. The number of nitrogens with one attached hydrogen (secondary N) is 2. The minimum atomic E-state index is -4.77. The summed E-state index contributed by atoms with van der Waals surface area (Å²) in [4.78, 5) is 66.4. The standard InChI is InChI=1S/C22H30N4O3.C15H24N4O6S.C3H9N/c1-2-24-14-22(15-24)10-17(11-22)23-20(27)19-9-8-18-12-25(19)21(28)26(18)29-13-16-6-4-3-5-7-16;1-2-17-8-15(9-17)5-10(6-15)16-13(20)12-4-3-11-7-18(12)14(21)19(11)25-26(22,23)24;1-4(2)3/h3-7,17-19H,2,8-15H2,1H3,(H,23,27);10-12H,2-9H2,1H3,(H,16,20)(H,22,23,24);1-3H3/t18-,19+;11-,12+;/m11./s1. The molecule has 3 N–H and O–H groups in total. The lowest BCUT2D eigenvalue weighted by atomic mass is 9.60. The fourth-order valence-electron chi connectivity index (χ4n) is 10.4. The van der Waals surface area contributed by atoms with E-state index in [-0.39, 0.29) is 48.6 Å². The van der Waals surface area contributed by atoms with Crippen molar-refractivity contribution < 1.29 is 41.3 Å². The van der Waals surface area contributed by atoms with E-state index in [1.54, 1.807) is 4.90 Å². The molecule has 6 saturated heterocycles. The number of nitrogens with zero attached hydrogens (tertiary/aromatic N) is 7. The Bertz CT molecular complexity index is 1790. The van der Waals surface area contributed by atoms with Gasteiger partial charge in [0.05, 0.1) is 12.1 Å². The van der Waals surface area contributed by atoms with Gasteiger partial charge in [-0.05, 0) is 102 Å². The molecule has 1 aromatic carbocycles. The fourth-order valence-corrected chi connectivity index (χ4v) is 10.8. The van der Waals surface area contributed by atoms with Crippen molar-refractivity contribution in [2.24, 2.45) is 10.8 Å². The van der Waals surface area contributed by atoms with Gasteiger partial charge in [0.25, 0.3) is 0 Å². The monoisotopic (exact) mass is 845 g/mol. The predicted molar refractivity (Wildman–Crippen MR) is 216 cm³/mol. The van der Waals surface area contributed by atoms with Crippen LogP contribution < -0.4 is 10.6 Å². The zero-order valence-electron chi connectivity index (χ0n) is 35.1. The van der Waals surface area contributed by atoms with Crippen molar-refractivity contribution in [3.05, 3.63) is 35.9 Å². The summed E-state index contributed by atoms with van der Waals surface area (Å²) >= 11 is 0. The third kappa shape index (κ3) is 9.66. The molecule has 6 aliphatic heterocycles. The number of carbonyl (C=O) groups is 4. The number of hydroxylamine groups is 4. The second kappa shape index (κ2) is 17.4. The quantitative estimate of drug-likeness (QED) is 0.275. The molecule has 2 saturated carbocycles. The Morgan fingerprint density at radius 1 is 0.746 bits per heavy atom. The lowest BCUT2D eigenvalue weighted by Crippen LogP contribution is -2.67. The van der Waals surface area contributed by atoms with E-state index < -0.39 is 28.5 Å². The summed E-state index contributed by atoms with van der Waals surface area (Å²) in [6.07, 6.45) is 6.47. The van der Waals surface area contributed by atoms with Gasteiger partial charge in [-0.15, -0.1) is 4.28 Å². The van der Waals surface area contributed by atoms with Gasteiger partial charge in [-0.1, -0.05) is 44.2 Å². The molecule has 4 bridgehead atoms. The molecule has 2 aliphatic carbocycles. The third-order valence-corrected chi connectivity index (χ3v) is 13.5. The Balaban J connectivity index is 0.000000165. The topological polar surface area (TPSA) is 188 Å². The summed E-state index contributed by atoms with van der Waals surface area (Å²) in [5.74, 6) is -0.190. The van der Waals surface area contributed by atoms with E-state index in [4.69, 9.17) is 9.39 Å². The maximum absolute atomic E-state index is 12.9. The fraction of sp³-hybridized carbons (Fsp3) is 0.750. The van der Waals surface area contributed by atoms with Crippen LogP contribution in [0, 0.1) is 10.8 Å². The summed E-state index contributed by atoms with van der Waals surface area (Å²) in [7, 11) is 1.23. The van der Waals surface area contributed by atoms with Gasteiger partial charge in [0.15, 0.2) is 0 Å². The smallest absolute Gasteiger partial charge is 0.352 e. The van der Waals surface area contributed by atoms with Crippen LogP contribution >= 0.6 is 0 Å². The second-order valence-electron chi connectivity index (χ2n) is 18.5. The molecule has 6 heterocycles. The van der Waals surface area contributed by atoms with E-state index in [1.165, 1.54) is 23.1 Å². The Morgan fingerprint density at radius 2 is 1.17 bits per heavy atom. The van der Waals surface area contributed by atoms with Gasteiger partial charge in [0, 0.05) is 51.4 Å². The van der Waals surface area contributed by atoms with Crippen molar-refractivity contribution in [3.8, 4) is 0 Å². The van der Waals surface area contributed by atoms with Crippen molar-refractivity contribution in [1.82, 2.24) is 45.3 Å². The summed E-state index contributed by atoms with van der Waals surface area (Å²) in [6.45, 7) is 12.2. The van der Waals surface area contributed by atoms with Gasteiger partial charge in [-0.3, -0.25) is 19.0 Å². The Morgan fingerprint density at radius 3 is 1.59 bits per heavy atom. The largest absolute Gasteiger partial charge is 0.418 e. The lowest BCUT2D eigenvalue weighted by molar-refractivity contribution is -0.140. The molecule has 9 rings (SSSR count).